The molecule has 0 saturated heterocycles. The molecule has 0 saturated carbocycles. The topological polar surface area (TPSA) is 77.8 Å². The number of hydrogen-bond donors (Lipinski definition) is 1. The number of allylic oxidation sites excluding steroid dienone is 1. The van der Waals surface area contributed by atoms with Crippen molar-refractivity contribution in [1.82, 2.24) is 0 Å². The molecule has 34 heavy (non-hydrogen) atoms. The standard InChI is InChI=1S/C28H25NO5/c1-17(13-28(31)29-20-11-9-19(10-12-20)18(2)30)22-14-23-24(16-34-27(23)15-26(22)33-4)21-7-5-6-8-25(21)32-3/h5-16H,1-4H3,(H,29,31)/b17-13+. The van der Waals surface area contributed by atoms with E-state index in [1.807, 2.05) is 43.3 Å². The fourth-order valence-electron chi connectivity index (χ4n) is 3.85. The van der Waals surface area contributed by atoms with Gasteiger partial charge in [-0.25, -0.2) is 0 Å². The number of rotatable bonds is 7. The lowest BCUT2D eigenvalue weighted by Crippen LogP contribution is -2.09. The molecule has 0 aliphatic heterocycles. The van der Waals surface area contributed by atoms with Crippen LogP contribution in [-0.2, 0) is 4.79 Å². The lowest BCUT2D eigenvalue weighted by atomic mass is 9.98. The average molecular weight is 456 g/mol. The fourth-order valence-corrected chi connectivity index (χ4v) is 3.85. The molecule has 3 aromatic carbocycles. The Balaban J connectivity index is 1.68. The first-order chi connectivity index (χ1) is 16.4. The van der Waals surface area contributed by atoms with Crippen LogP contribution in [0.5, 0.6) is 11.5 Å². The Kier molecular flexibility index (Phi) is 6.50. The maximum atomic E-state index is 12.7. The second-order valence-electron chi connectivity index (χ2n) is 7.85. The molecule has 1 N–H and O–H groups in total. The Morgan fingerprint density at radius 2 is 1.59 bits per heavy atom. The predicted molar refractivity (Wildman–Crippen MR) is 133 cm³/mol. The van der Waals surface area contributed by atoms with Crippen molar-refractivity contribution >= 4 is 33.9 Å². The monoisotopic (exact) mass is 455 g/mol. The number of para-hydroxylation sites is 1. The molecule has 6 nitrogen and oxygen atoms in total. The first-order valence-electron chi connectivity index (χ1n) is 10.7. The van der Waals surface area contributed by atoms with E-state index < -0.39 is 0 Å². The number of amides is 1. The third-order valence-corrected chi connectivity index (χ3v) is 5.62. The van der Waals surface area contributed by atoms with E-state index in [0.717, 1.165) is 33.4 Å². The van der Waals surface area contributed by atoms with Crippen molar-refractivity contribution in [3.63, 3.8) is 0 Å². The summed E-state index contributed by atoms with van der Waals surface area (Å²) in [6.45, 7) is 3.36. The van der Waals surface area contributed by atoms with Crippen molar-refractivity contribution in [3.05, 3.63) is 84.1 Å². The maximum absolute atomic E-state index is 12.7. The van der Waals surface area contributed by atoms with Gasteiger partial charge in [-0.2, -0.15) is 0 Å². The SMILES string of the molecule is COc1cc2occ(-c3ccccc3OC)c2cc1/C(C)=C/C(=O)Nc1ccc(C(C)=O)cc1. The zero-order valence-electron chi connectivity index (χ0n) is 19.5. The number of carbonyl (C=O) groups excluding carboxylic acids is 2. The summed E-state index contributed by atoms with van der Waals surface area (Å²) in [5.41, 5.74) is 5.17. The minimum absolute atomic E-state index is 0.0251. The van der Waals surface area contributed by atoms with Crippen LogP contribution in [0.4, 0.5) is 5.69 Å². The van der Waals surface area contributed by atoms with Crippen LogP contribution in [0.3, 0.4) is 0 Å². The van der Waals surface area contributed by atoms with Crippen molar-refractivity contribution in [2.75, 3.05) is 19.5 Å². The van der Waals surface area contributed by atoms with Crippen LogP contribution in [-0.4, -0.2) is 25.9 Å². The Labute approximate surface area is 197 Å². The molecule has 4 aromatic rings. The number of ether oxygens (including phenoxy) is 2. The molecule has 1 amide bonds. The number of fused-ring (bicyclic) bond motifs is 1. The Morgan fingerprint density at radius 3 is 2.26 bits per heavy atom. The number of carbonyl (C=O) groups is 2. The fraction of sp³-hybridized carbons (Fsp3) is 0.143. The van der Waals surface area contributed by atoms with Gasteiger partial charge in [-0.05, 0) is 55.8 Å². The number of benzene rings is 3. The number of anilines is 1. The van der Waals surface area contributed by atoms with Crippen LogP contribution in [0.1, 0.15) is 29.8 Å². The number of nitrogens with one attached hydrogen (secondary N) is 1. The van der Waals surface area contributed by atoms with Crippen LogP contribution >= 0.6 is 0 Å². The normalized spacial score (nSPS) is 11.4. The number of Topliss-reactive ketones (excluding diaryl/α,β-unsaturated/α-hetero) is 1. The first kappa shape index (κ1) is 22.9. The molecule has 4 rings (SSSR count). The van der Waals surface area contributed by atoms with E-state index in [4.69, 9.17) is 13.9 Å². The van der Waals surface area contributed by atoms with Gasteiger partial charge in [0.1, 0.15) is 17.1 Å². The molecule has 0 atom stereocenters. The van der Waals surface area contributed by atoms with E-state index in [1.54, 1.807) is 44.7 Å². The van der Waals surface area contributed by atoms with E-state index in [9.17, 15) is 9.59 Å². The lowest BCUT2D eigenvalue weighted by molar-refractivity contribution is -0.111. The zero-order chi connectivity index (χ0) is 24.2. The molecule has 0 spiro atoms. The van der Waals surface area contributed by atoms with Gasteiger partial charge in [0.25, 0.3) is 0 Å². The Hall–Kier alpha value is -4.32. The molecule has 0 aliphatic rings. The van der Waals surface area contributed by atoms with Crippen molar-refractivity contribution in [1.29, 1.82) is 0 Å². The van der Waals surface area contributed by atoms with E-state index in [2.05, 4.69) is 5.32 Å². The number of furan rings is 1. The third-order valence-electron chi connectivity index (χ3n) is 5.62. The minimum Gasteiger partial charge on any atom is -0.496 e. The molecule has 0 aliphatic carbocycles. The molecule has 1 aromatic heterocycles. The van der Waals surface area contributed by atoms with Gasteiger partial charge in [-0.15, -0.1) is 0 Å². The molecular formula is C28H25NO5. The largest absolute Gasteiger partial charge is 0.496 e. The average Bonchev–Trinajstić information content (AvgIpc) is 3.26. The maximum Gasteiger partial charge on any atom is 0.248 e. The molecular weight excluding hydrogens is 430 g/mol. The van der Waals surface area contributed by atoms with Crippen LogP contribution in [0.2, 0.25) is 0 Å². The second-order valence-corrected chi connectivity index (χ2v) is 7.85. The zero-order valence-corrected chi connectivity index (χ0v) is 19.5. The summed E-state index contributed by atoms with van der Waals surface area (Å²) in [7, 11) is 3.22. The van der Waals surface area contributed by atoms with Gasteiger partial charge < -0.3 is 19.2 Å². The van der Waals surface area contributed by atoms with Crippen molar-refractivity contribution < 1.29 is 23.5 Å². The number of ketones is 1. The highest BCUT2D eigenvalue weighted by atomic mass is 16.5. The van der Waals surface area contributed by atoms with Crippen LogP contribution in [0.25, 0.3) is 27.7 Å². The van der Waals surface area contributed by atoms with Gasteiger partial charge in [0.05, 0.1) is 20.5 Å². The van der Waals surface area contributed by atoms with Gasteiger partial charge in [0.2, 0.25) is 5.91 Å². The van der Waals surface area contributed by atoms with E-state index >= 15 is 0 Å². The van der Waals surface area contributed by atoms with Gasteiger partial charge in [0, 0.05) is 45.5 Å². The molecule has 0 fully saturated rings. The predicted octanol–water partition coefficient (Wildman–Crippen LogP) is 6.36. The summed E-state index contributed by atoms with van der Waals surface area (Å²) in [4.78, 5) is 24.1. The smallest absolute Gasteiger partial charge is 0.248 e. The summed E-state index contributed by atoms with van der Waals surface area (Å²) >= 11 is 0. The van der Waals surface area contributed by atoms with Crippen molar-refractivity contribution in [2.24, 2.45) is 0 Å². The van der Waals surface area contributed by atoms with Crippen LogP contribution < -0.4 is 14.8 Å². The summed E-state index contributed by atoms with van der Waals surface area (Å²) in [5.74, 6) is 1.03. The minimum atomic E-state index is -0.285. The Bertz CT molecular complexity index is 1400. The molecule has 172 valence electrons. The van der Waals surface area contributed by atoms with Crippen LogP contribution in [0.15, 0.2) is 77.4 Å². The lowest BCUT2D eigenvalue weighted by Gasteiger charge is -2.11. The Morgan fingerprint density at radius 1 is 0.882 bits per heavy atom. The summed E-state index contributed by atoms with van der Waals surface area (Å²) in [6, 6.07) is 18.3. The highest BCUT2D eigenvalue weighted by Crippen LogP contribution is 2.40. The molecule has 0 unspecified atom stereocenters. The van der Waals surface area contributed by atoms with Crippen LogP contribution in [0, 0.1) is 0 Å². The van der Waals surface area contributed by atoms with Gasteiger partial charge in [-0.3, -0.25) is 9.59 Å². The second kappa shape index (κ2) is 9.67. The summed E-state index contributed by atoms with van der Waals surface area (Å²) in [5, 5.41) is 3.71. The van der Waals surface area contributed by atoms with Crippen molar-refractivity contribution in [2.45, 2.75) is 13.8 Å². The van der Waals surface area contributed by atoms with E-state index in [1.165, 1.54) is 13.0 Å². The van der Waals surface area contributed by atoms with Gasteiger partial charge >= 0.3 is 0 Å². The molecule has 0 radical (unpaired) electrons. The quantitative estimate of drug-likeness (QED) is 0.259. The third kappa shape index (κ3) is 4.57. The molecule has 0 bridgehead atoms. The van der Waals surface area contributed by atoms with Crippen molar-refractivity contribution in [3.8, 4) is 22.6 Å². The highest BCUT2D eigenvalue weighted by Gasteiger charge is 2.17. The van der Waals surface area contributed by atoms with Gasteiger partial charge in [-0.1, -0.05) is 18.2 Å². The molecule has 6 heteroatoms. The highest BCUT2D eigenvalue weighted by molar-refractivity contribution is 6.06. The van der Waals surface area contributed by atoms with E-state index in [-0.39, 0.29) is 11.7 Å². The summed E-state index contributed by atoms with van der Waals surface area (Å²) in [6.07, 6.45) is 3.22. The molecule has 1 heterocycles. The van der Waals surface area contributed by atoms with E-state index in [0.29, 0.717) is 22.6 Å². The number of hydrogen-bond acceptors (Lipinski definition) is 5. The number of methoxy groups -OCH3 is 2. The summed E-state index contributed by atoms with van der Waals surface area (Å²) < 4.78 is 16.9. The van der Waals surface area contributed by atoms with Gasteiger partial charge in [0.15, 0.2) is 5.78 Å². The first-order valence-corrected chi connectivity index (χ1v) is 10.7.